The number of hydrogen-bond acceptors (Lipinski definition) is 3. The van der Waals surface area contributed by atoms with Gasteiger partial charge in [-0.2, -0.15) is 0 Å². The lowest BCUT2D eigenvalue weighted by atomic mass is 10.00. The van der Waals surface area contributed by atoms with Crippen molar-refractivity contribution in [3.05, 3.63) is 35.9 Å². The van der Waals surface area contributed by atoms with Gasteiger partial charge in [0.25, 0.3) is 0 Å². The number of rotatable bonds is 5. The Balaban J connectivity index is 2.00. The van der Waals surface area contributed by atoms with Gasteiger partial charge in [-0.05, 0) is 18.9 Å². The summed E-state index contributed by atoms with van der Waals surface area (Å²) in [6.07, 6.45) is 0.808. The second kappa shape index (κ2) is 7.94. The van der Waals surface area contributed by atoms with E-state index in [-0.39, 0.29) is 24.3 Å². The monoisotopic (exact) mass is 304 g/mol. The predicted molar refractivity (Wildman–Crippen MR) is 84.5 cm³/mol. The van der Waals surface area contributed by atoms with Crippen LogP contribution in [0.1, 0.15) is 24.8 Å². The van der Waals surface area contributed by atoms with Gasteiger partial charge < -0.3 is 14.5 Å². The first-order valence-electron chi connectivity index (χ1n) is 7.74. The second-order valence-electron chi connectivity index (χ2n) is 5.62. The summed E-state index contributed by atoms with van der Waals surface area (Å²) in [5.74, 6) is -0.198. The molecule has 120 valence electrons. The smallest absolute Gasteiger partial charge is 0.242 e. The van der Waals surface area contributed by atoms with Crippen molar-refractivity contribution in [2.75, 3.05) is 39.9 Å². The maximum absolute atomic E-state index is 12.6. The minimum Gasteiger partial charge on any atom is -0.383 e. The summed E-state index contributed by atoms with van der Waals surface area (Å²) < 4.78 is 5.03. The molecule has 1 aromatic rings. The summed E-state index contributed by atoms with van der Waals surface area (Å²) in [6.45, 7) is 4.50. The Labute approximate surface area is 131 Å². The van der Waals surface area contributed by atoms with Crippen LogP contribution in [0.5, 0.6) is 0 Å². The fraction of sp³-hybridized carbons (Fsp3) is 0.529. The molecular weight excluding hydrogens is 280 g/mol. The van der Waals surface area contributed by atoms with Gasteiger partial charge >= 0.3 is 0 Å². The first kappa shape index (κ1) is 16.5. The van der Waals surface area contributed by atoms with E-state index < -0.39 is 0 Å². The molecule has 0 radical (unpaired) electrons. The van der Waals surface area contributed by atoms with Gasteiger partial charge in [0.15, 0.2) is 0 Å². The van der Waals surface area contributed by atoms with Crippen molar-refractivity contribution in [2.45, 2.75) is 19.3 Å². The number of carbonyl (C=O) groups excluding carboxylic acids is 2. The molecule has 0 unspecified atom stereocenters. The van der Waals surface area contributed by atoms with Crippen LogP contribution in [0.2, 0.25) is 0 Å². The minimum absolute atomic E-state index is 0.00293. The number of benzene rings is 1. The van der Waals surface area contributed by atoms with Gasteiger partial charge in [-0.25, -0.2) is 0 Å². The summed E-state index contributed by atoms with van der Waals surface area (Å²) in [5.41, 5.74) is 0.987. The van der Waals surface area contributed by atoms with Crippen molar-refractivity contribution in [3.8, 4) is 0 Å². The Morgan fingerprint density at radius 2 is 2.00 bits per heavy atom. The molecule has 1 fully saturated rings. The van der Waals surface area contributed by atoms with E-state index in [0.29, 0.717) is 26.2 Å². The molecule has 1 aliphatic heterocycles. The third-order valence-electron chi connectivity index (χ3n) is 4.08. The number of ether oxygens (including phenoxy) is 1. The van der Waals surface area contributed by atoms with E-state index >= 15 is 0 Å². The zero-order valence-electron chi connectivity index (χ0n) is 13.3. The van der Waals surface area contributed by atoms with Gasteiger partial charge in [0, 0.05) is 26.7 Å². The number of carbonyl (C=O) groups is 2. The average molecular weight is 304 g/mol. The van der Waals surface area contributed by atoms with E-state index in [1.54, 1.807) is 16.9 Å². The highest BCUT2D eigenvalue weighted by Gasteiger charge is 2.27. The van der Waals surface area contributed by atoms with E-state index in [2.05, 4.69) is 0 Å². The van der Waals surface area contributed by atoms with E-state index in [1.807, 2.05) is 37.3 Å². The summed E-state index contributed by atoms with van der Waals surface area (Å²) in [4.78, 5) is 28.4. The predicted octanol–water partition coefficient (Wildman–Crippen LogP) is 1.50. The molecule has 1 aliphatic rings. The molecule has 0 saturated carbocycles. The largest absolute Gasteiger partial charge is 0.383 e. The van der Waals surface area contributed by atoms with Gasteiger partial charge in [0.1, 0.15) is 0 Å². The van der Waals surface area contributed by atoms with Crippen LogP contribution < -0.4 is 0 Å². The lowest BCUT2D eigenvalue weighted by Gasteiger charge is -2.24. The van der Waals surface area contributed by atoms with Crippen LogP contribution >= 0.6 is 0 Å². The van der Waals surface area contributed by atoms with Crippen LogP contribution in [0.15, 0.2) is 30.3 Å². The highest BCUT2D eigenvalue weighted by Crippen LogP contribution is 2.19. The van der Waals surface area contributed by atoms with E-state index in [9.17, 15) is 9.59 Å². The zero-order valence-corrected chi connectivity index (χ0v) is 13.3. The molecule has 2 rings (SSSR count). The van der Waals surface area contributed by atoms with E-state index in [1.165, 1.54) is 0 Å². The lowest BCUT2D eigenvalue weighted by Crippen LogP contribution is -2.41. The number of hydrogen-bond donors (Lipinski definition) is 0. The molecular formula is C17H24N2O3. The Hall–Kier alpha value is -1.88. The van der Waals surface area contributed by atoms with Crippen LogP contribution in [0.4, 0.5) is 0 Å². The zero-order chi connectivity index (χ0) is 15.9. The summed E-state index contributed by atoms with van der Waals surface area (Å²) in [7, 11) is 1.62. The number of nitrogens with zero attached hydrogens (tertiary/aromatic N) is 2. The van der Waals surface area contributed by atoms with E-state index in [4.69, 9.17) is 4.74 Å². The van der Waals surface area contributed by atoms with Crippen molar-refractivity contribution in [1.82, 2.24) is 9.80 Å². The Kier molecular flexibility index (Phi) is 5.95. The maximum Gasteiger partial charge on any atom is 0.242 e. The molecule has 0 N–H and O–H groups in total. The second-order valence-corrected chi connectivity index (χ2v) is 5.62. The van der Waals surface area contributed by atoms with Gasteiger partial charge in [0.2, 0.25) is 11.8 Å². The normalized spacial score (nSPS) is 17.3. The molecule has 1 aromatic carbocycles. The fourth-order valence-corrected chi connectivity index (χ4v) is 2.70. The first-order valence-corrected chi connectivity index (χ1v) is 7.74. The molecule has 2 amide bonds. The van der Waals surface area contributed by atoms with Crippen molar-refractivity contribution >= 4 is 11.8 Å². The van der Waals surface area contributed by atoms with E-state index in [0.717, 1.165) is 12.0 Å². The molecule has 5 heteroatoms. The Morgan fingerprint density at radius 1 is 1.27 bits per heavy atom. The first-order chi connectivity index (χ1) is 10.6. The molecule has 0 bridgehead atoms. The van der Waals surface area contributed by atoms with Gasteiger partial charge in [-0.3, -0.25) is 9.59 Å². The highest BCUT2D eigenvalue weighted by atomic mass is 16.5. The summed E-state index contributed by atoms with van der Waals surface area (Å²) in [6, 6.07) is 9.70. The van der Waals surface area contributed by atoms with Gasteiger partial charge in [-0.15, -0.1) is 0 Å². The van der Waals surface area contributed by atoms with Gasteiger partial charge in [0.05, 0.1) is 19.1 Å². The van der Waals surface area contributed by atoms with Crippen LogP contribution in [-0.4, -0.2) is 61.5 Å². The maximum atomic E-state index is 12.6. The molecule has 5 nitrogen and oxygen atoms in total. The van der Waals surface area contributed by atoms with Gasteiger partial charge in [-0.1, -0.05) is 30.3 Å². The molecule has 22 heavy (non-hydrogen) atoms. The minimum atomic E-state index is -0.223. The molecule has 0 spiro atoms. The van der Waals surface area contributed by atoms with Crippen molar-refractivity contribution in [2.24, 2.45) is 0 Å². The van der Waals surface area contributed by atoms with Crippen LogP contribution in [0.3, 0.4) is 0 Å². The quantitative estimate of drug-likeness (QED) is 0.828. The fourth-order valence-electron chi connectivity index (χ4n) is 2.70. The lowest BCUT2D eigenvalue weighted by molar-refractivity contribution is -0.139. The molecule has 1 heterocycles. The average Bonchev–Trinajstić information content (AvgIpc) is 2.74. The number of amides is 2. The van der Waals surface area contributed by atoms with Crippen LogP contribution in [-0.2, 0) is 14.3 Å². The summed E-state index contributed by atoms with van der Waals surface area (Å²) >= 11 is 0. The molecule has 0 aromatic heterocycles. The van der Waals surface area contributed by atoms with Crippen molar-refractivity contribution < 1.29 is 14.3 Å². The highest BCUT2D eigenvalue weighted by molar-refractivity contribution is 5.88. The Morgan fingerprint density at radius 3 is 2.68 bits per heavy atom. The van der Waals surface area contributed by atoms with Crippen molar-refractivity contribution in [3.63, 3.8) is 0 Å². The van der Waals surface area contributed by atoms with Crippen LogP contribution in [0.25, 0.3) is 0 Å². The SMILES string of the molecule is COCCN1CCCN(C(=O)[C@@H](C)c2ccccc2)CC1=O. The third-order valence-corrected chi connectivity index (χ3v) is 4.08. The third kappa shape index (κ3) is 4.07. The number of methoxy groups -OCH3 is 1. The van der Waals surface area contributed by atoms with Crippen LogP contribution in [0, 0.1) is 0 Å². The summed E-state index contributed by atoms with van der Waals surface area (Å²) in [5, 5.41) is 0. The van der Waals surface area contributed by atoms with Crippen molar-refractivity contribution in [1.29, 1.82) is 0 Å². The molecule has 1 atom stereocenters. The molecule has 1 saturated heterocycles. The standard InChI is InChI=1S/C17H24N2O3/c1-14(15-7-4-3-5-8-15)17(21)19-10-6-9-18(11-12-22-2)16(20)13-19/h3-5,7-8,14H,6,9-13H2,1-2H3/t14-/m0/s1. The topological polar surface area (TPSA) is 49.9 Å². The molecule has 0 aliphatic carbocycles. The Bertz CT molecular complexity index is 504.